The lowest BCUT2D eigenvalue weighted by Gasteiger charge is -2.54. The molecule has 2 N–H and O–H groups in total. The molecule has 2 fully saturated rings. The molecule has 0 aliphatic heterocycles. The second-order valence-corrected chi connectivity index (χ2v) is 7.02. The number of amides is 1. The zero-order chi connectivity index (χ0) is 17.3. The quantitative estimate of drug-likeness (QED) is 0.859. The summed E-state index contributed by atoms with van der Waals surface area (Å²) in [5.41, 5.74) is 0.297. The highest BCUT2D eigenvalue weighted by Gasteiger charge is 2.57. The summed E-state index contributed by atoms with van der Waals surface area (Å²) in [6.07, 6.45) is 5.66. The molecule has 1 amide bonds. The molecule has 1 spiro atoms. The van der Waals surface area contributed by atoms with Crippen LogP contribution in [0.3, 0.4) is 0 Å². The van der Waals surface area contributed by atoms with E-state index in [9.17, 15) is 14.7 Å². The Bertz CT molecular complexity index is 676. The van der Waals surface area contributed by atoms with E-state index < -0.39 is 0 Å². The molecule has 6 heteroatoms. The van der Waals surface area contributed by atoms with Crippen LogP contribution >= 0.6 is 0 Å². The number of nitrogens with one attached hydrogen (secondary N) is 1. The van der Waals surface area contributed by atoms with Crippen molar-refractivity contribution in [2.75, 3.05) is 6.61 Å². The summed E-state index contributed by atoms with van der Waals surface area (Å²) < 4.78 is 7.25. The highest BCUT2D eigenvalue weighted by Crippen LogP contribution is 2.54. The predicted octanol–water partition coefficient (Wildman–Crippen LogP) is 1.72. The fraction of sp³-hybridized carbons (Fsp3) is 0.667. The zero-order valence-corrected chi connectivity index (χ0v) is 14.4. The summed E-state index contributed by atoms with van der Waals surface area (Å²) in [7, 11) is 0. The molecular formula is C18H26N2O4. The minimum atomic E-state index is -0.362. The van der Waals surface area contributed by atoms with Gasteiger partial charge in [0.15, 0.2) is 0 Å². The molecule has 1 heterocycles. The van der Waals surface area contributed by atoms with Crippen LogP contribution in [0.4, 0.5) is 0 Å². The van der Waals surface area contributed by atoms with E-state index >= 15 is 0 Å². The van der Waals surface area contributed by atoms with Gasteiger partial charge < -0.3 is 19.7 Å². The van der Waals surface area contributed by atoms with Gasteiger partial charge in [0.25, 0.3) is 5.56 Å². The molecule has 2 saturated carbocycles. The number of aromatic nitrogens is 1. The number of nitrogens with zero attached hydrogens (tertiary/aromatic N) is 1. The maximum absolute atomic E-state index is 12.4. The standard InChI is InChI=1S/C18H26N2O4/c1-3-24-15-10-14(18(15)6-4-5-7-18)19-16(22)11-20-12(2)8-13(21)9-17(20)23/h8-9,14-15,21H,3-7,10-11H2,1-2H3,(H,19,22)/t14-,15-/m0/s1. The summed E-state index contributed by atoms with van der Waals surface area (Å²) >= 11 is 0. The van der Waals surface area contributed by atoms with Crippen LogP contribution in [0.25, 0.3) is 0 Å². The largest absolute Gasteiger partial charge is 0.508 e. The Morgan fingerprint density at radius 3 is 2.75 bits per heavy atom. The Kier molecular flexibility index (Phi) is 4.67. The molecule has 2 atom stereocenters. The topological polar surface area (TPSA) is 80.6 Å². The van der Waals surface area contributed by atoms with Gasteiger partial charge in [0.05, 0.1) is 6.10 Å². The van der Waals surface area contributed by atoms with Gasteiger partial charge in [-0.25, -0.2) is 0 Å². The molecule has 132 valence electrons. The van der Waals surface area contributed by atoms with Crippen LogP contribution in [0.15, 0.2) is 16.9 Å². The molecule has 6 nitrogen and oxygen atoms in total. The van der Waals surface area contributed by atoms with Crippen molar-refractivity contribution in [1.29, 1.82) is 0 Å². The van der Waals surface area contributed by atoms with E-state index in [1.807, 2.05) is 6.92 Å². The number of carbonyl (C=O) groups excluding carboxylic acids is 1. The average Bonchev–Trinajstić information content (AvgIpc) is 3.02. The van der Waals surface area contributed by atoms with Crippen molar-refractivity contribution in [3.05, 3.63) is 28.2 Å². The molecule has 0 bridgehead atoms. The van der Waals surface area contributed by atoms with Crippen molar-refractivity contribution in [3.8, 4) is 5.75 Å². The minimum Gasteiger partial charge on any atom is -0.508 e. The number of pyridine rings is 1. The molecule has 2 aliphatic carbocycles. The number of rotatable bonds is 5. The van der Waals surface area contributed by atoms with E-state index in [-0.39, 0.29) is 41.3 Å². The maximum atomic E-state index is 12.4. The van der Waals surface area contributed by atoms with Crippen LogP contribution in [0, 0.1) is 12.3 Å². The summed E-state index contributed by atoms with van der Waals surface area (Å²) in [4.78, 5) is 24.4. The lowest BCUT2D eigenvalue weighted by molar-refractivity contribution is -0.144. The van der Waals surface area contributed by atoms with Gasteiger partial charge in [0.2, 0.25) is 5.91 Å². The molecule has 0 aromatic carbocycles. The molecule has 0 radical (unpaired) electrons. The SMILES string of the molecule is CCO[C@H]1C[C@H](NC(=O)Cn2c(C)cc(O)cc2=O)C12CCCC2. The normalized spacial score (nSPS) is 24.8. The zero-order valence-electron chi connectivity index (χ0n) is 14.4. The molecule has 2 aliphatic rings. The summed E-state index contributed by atoms with van der Waals surface area (Å²) in [6, 6.07) is 2.76. The van der Waals surface area contributed by atoms with Gasteiger partial charge in [-0.15, -0.1) is 0 Å². The maximum Gasteiger partial charge on any atom is 0.254 e. The van der Waals surface area contributed by atoms with E-state index in [0.717, 1.165) is 25.3 Å². The number of aromatic hydroxyl groups is 1. The van der Waals surface area contributed by atoms with Crippen molar-refractivity contribution >= 4 is 5.91 Å². The summed E-state index contributed by atoms with van der Waals surface area (Å²) in [5, 5.41) is 12.6. The minimum absolute atomic E-state index is 0.0170. The van der Waals surface area contributed by atoms with Crippen molar-refractivity contribution in [2.45, 2.75) is 64.6 Å². The first kappa shape index (κ1) is 17.0. The molecule has 24 heavy (non-hydrogen) atoms. The van der Waals surface area contributed by atoms with Crippen molar-refractivity contribution < 1.29 is 14.6 Å². The van der Waals surface area contributed by atoms with Crippen LogP contribution in [-0.4, -0.2) is 34.3 Å². The number of aryl methyl sites for hydroxylation is 1. The Hall–Kier alpha value is -1.82. The first-order chi connectivity index (χ1) is 11.5. The lowest BCUT2D eigenvalue weighted by atomic mass is 9.60. The third kappa shape index (κ3) is 2.95. The van der Waals surface area contributed by atoms with Crippen LogP contribution in [0.5, 0.6) is 5.75 Å². The van der Waals surface area contributed by atoms with Crippen LogP contribution in [-0.2, 0) is 16.1 Å². The third-order valence-electron chi connectivity index (χ3n) is 5.64. The highest BCUT2D eigenvalue weighted by molar-refractivity contribution is 5.76. The fourth-order valence-corrected chi connectivity index (χ4v) is 4.39. The van der Waals surface area contributed by atoms with Gasteiger partial charge in [0, 0.05) is 29.8 Å². The first-order valence-electron chi connectivity index (χ1n) is 8.77. The second kappa shape index (κ2) is 6.59. The van der Waals surface area contributed by atoms with Gasteiger partial charge >= 0.3 is 0 Å². The number of hydrogen-bond acceptors (Lipinski definition) is 4. The second-order valence-electron chi connectivity index (χ2n) is 7.02. The predicted molar refractivity (Wildman–Crippen MR) is 90.0 cm³/mol. The van der Waals surface area contributed by atoms with Crippen LogP contribution in [0.1, 0.15) is 44.7 Å². The highest BCUT2D eigenvalue weighted by atomic mass is 16.5. The Morgan fingerprint density at radius 1 is 1.42 bits per heavy atom. The molecule has 1 aromatic heterocycles. The van der Waals surface area contributed by atoms with Gasteiger partial charge in [-0.2, -0.15) is 0 Å². The molecular weight excluding hydrogens is 308 g/mol. The summed E-state index contributed by atoms with van der Waals surface area (Å²) in [5.74, 6) is -0.227. The van der Waals surface area contributed by atoms with Gasteiger partial charge in [-0.05, 0) is 39.2 Å². The Labute approximate surface area is 141 Å². The number of hydrogen-bond donors (Lipinski definition) is 2. The third-order valence-corrected chi connectivity index (χ3v) is 5.64. The molecule has 0 saturated heterocycles. The molecule has 3 rings (SSSR count). The van der Waals surface area contributed by atoms with E-state index in [4.69, 9.17) is 4.74 Å². The van der Waals surface area contributed by atoms with E-state index in [2.05, 4.69) is 5.32 Å². The van der Waals surface area contributed by atoms with Gasteiger partial charge in [0.1, 0.15) is 12.3 Å². The van der Waals surface area contributed by atoms with E-state index in [0.29, 0.717) is 12.3 Å². The van der Waals surface area contributed by atoms with Crippen LogP contribution in [0.2, 0.25) is 0 Å². The first-order valence-corrected chi connectivity index (χ1v) is 8.77. The smallest absolute Gasteiger partial charge is 0.254 e. The molecule has 1 aromatic rings. The van der Waals surface area contributed by atoms with Gasteiger partial charge in [-0.1, -0.05) is 12.8 Å². The van der Waals surface area contributed by atoms with Crippen LogP contribution < -0.4 is 10.9 Å². The van der Waals surface area contributed by atoms with Crippen molar-refractivity contribution in [1.82, 2.24) is 9.88 Å². The lowest BCUT2D eigenvalue weighted by Crippen LogP contribution is -2.64. The van der Waals surface area contributed by atoms with E-state index in [1.54, 1.807) is 6.92 Å². The Balaban J connectivity index is 1.67. The fourth-order valence-electron chi connectivity index (χ4n) is 4.39. The summed E-state index contributed by atoms with van der Waals surface area (Å²) in [6.45, 7) is 4.40. The average molecular weight is 334 g/mol. The Morgan fingerprint density at radius 2 is 2.12 bits per heavy atom. The van der Waals surface area contributed by atoms with Gasteiger partial charge in [-0.3, -0.25) is 9.59 Å². The molecule has 0 unspecified atom stereocenters. The monoisotopic (exact) mass is 334 g/mol. The van der Waals surface area contributed by atoms with E-state index in [1.165, 1.54) is 23.5 Å². The number of carbonyl (C=O) groups is 1. The number of ether oxygens (including phenoxy) is 1. The van der Waals surface area contributed by atoms with Crippen molar-refractivity contribution in [3.63, 3.8) is 0 Å². The van der Waals surface area contributed by atoms with Crippen molar-refractivity contribution in [2.24, 2.45) is 5.41 Å².